The Morgan fingerprint density at radius 3 is 2.60 bits per heavy atom. The fourth-order valence-electron chi connectivity index (χ4n) is 0.134. The Kier molecular flexibility index (Phi) is 0.373. The molecule has 1 radical (unpaired) electrons. The lowest BCUT2D eigenvalue weighted by atomic mass is 10.6. The van der Waals surface area contributed by atoms with Crippen molar-refractivity contribution in [3.8, 4) is 6.07 Å². The first-order valence-corrected chi connectivity index (χ1v) is 1.49. The van der Waals surface area contributed by atoms with Crippen LogP contribution in [-0.4, -0.2) is 12.6 Å². The van der Waals surface area contributed by atoms with Gasteiger partial charge in [0.2, 0.25) is 0 Å². The monoisotopic (exact) mass is 67.0 g/mol. The minimum Gasteiger partial charge on any atom is -0.219 e. The first-order valence-electron chi connectivity index (χ1n) is 1.49. The molecule has 2 nitrogen and oxygen atoms in total. The van der Waals surface area contributed by atoms with E-state index < -0.39 is 0 Å². The summed E-state index contributed by atoms with van der Waals surface area (Å²) in [4.78, 5) is 0. The predicted molar refractivity (Wildman–Crippen MR) is 16.4 cm³/mol. The second-order valence-electron chi connectivity index (χ2n) is 1.01. The summed E-state index contributed by atoms with van der Waals surface area (Å²) in [5.74, 6) is 0. The molecule has 25 valence electrons. The van der Waals surface area contributed by atoms with Crippen LogP contribution in [0.25, 0.3) is 0 Å². The Bertz CT molecular complexity index is 67.5. The lowest BCUT2D eigenvalue weighted by Crippen LogP contribution is -1.72. The third-order valence-electron chi connectivity index (χ3n) is 0.514. The molecule has 0 aromatic heterocycles. The Morgan fingerprint density at radius 2 is 2.60 bits per heavy atom. The SMILES string of the molecule is N#CC1C[N]1. The van der Waals surface area contributed by atoms with Crippen LogP contribution in [0, 0.1) is 11.3 Å². The van der Waals surface area contributed by atoms with Gasteiger partial charge < -0.3 is 0 Å². The van der Waals surface area contributed by atoms with E-state index in [9.17, 15) is 0 Å². The van der Waals surface area contributed by atoms with E-state index in [-0.39, 0.29) is 6.04 Å². The maximum absolute atomic E-state index is 7.86. The third-order valence-corrected chi connectivity index (χ3v) is 0.514. The molecule has 0 aromatic carbocycles. The molecular weight excluding hydrogens is 64.0 g/mol. The molecule has 2 heteroatoms. The van der Waals surface area contributed by atoms with Gasteiger partial charge >= 0.3 is 0 Å². The van der Waals surface area contributed by atoms with Crippen LogP contribution >= 0.6 is 0 Å². The molecule has 0 bridgehead atoms. The zero-order chi connectivity index (χ0) is 3.70. The van der Waals surface area contributed by atoms with Gasteiger partial charge in [-0.25, -0.2) is 5.32 Å². The number of hydrogen-bond donors (Lipinski definition) is 0. The van der Waals surface area contributed by atoms with E-state index in [1.54, 1.807) is 0 Å². The van der Waals surface area contributed by atoms with Gasteiger partial charge in [-0.1, -0.05) is 0 Å². The largest absolute Gasteiger partial charge is 0.219 e. The second kappa shape index (κ2) is 0.697. The van der Waals surface area contributed by atoms with Gasteiger partial charge in [-0.2, -0.15) is 5.26 Å². The molecule has 0 amide bonds. The van der Waals surface area contributed by atoms with E-state index >= 15 is 0 Å². The maximum atomic E-state index is 7.86. The Labute approximate surface area is 30.4 Å². The van der Waals surface area contributed by atoms with E-state index in [0.29, 0.717) is 0 Å². The van der Waals surface area contributed by atoms with Crippen molar-refractivity contribution in [3.05, 3.63) is 0 Å². The van der Waals surface area contributed by atoms with Gasteiger partial charge in [0.25, 0.3) is 0 Å². The number of hydrogen-bond acceptors (Lipinski definition) is 1. The topological polar surface area (TPSA) is 37.9 Å². The van der Waals surface area contributed by atoms with Gasteiger partial charge in [0, 0.05) is 6.54 Å². The van der Waals surface area contributed by atoms with Gasteiger partial charge in [-0.05, 0) is 0 Å². The molecule has 1 atom stereocenters. The van der Waals surface area contributed by atoms with Gasteiger partial charge in [-0.15, -0.1) is 0 Å². The molecular formula is C3H3N2. The van der Waals surface area contributed by atoms with Crippen molar-refractivity contribution in [1.29, 1.82) is 5.26 Å². The molecule has 1 unspecified atom stereocenters. The van der Waals surface area contributed by atoms with Crippen molar-refractivity contribution in [2.45, 2.75) is 6.04 Å². The molecule has 5 heavy (non-hydrogen) atoms. The normalized spacial score (nSPS) is 32.2. The Hall–Kier alpha value is -0.550. The molecule has 0 saturated carbocycles. The predicted octanol–water partition coefficient (Wildman–Crippen LogP) is -0.503. The molecule has 1 aliphatic rings. The summed E-state index contributed by atoms with van der Waals surface area (Å²) in [5, 5.41) is 11.5. The average molecular weight is 67.1 g/mol. The molecule has 1 aliphatic heterocycles. The van der Waals surface area contributed by atoms with Gasteiger partial charge in [0.15, 0.2) is 0 Å². The Morgan fingerprint density at radius 1 is 2.00 bits per heavy atom. The summed E-state index contributed by atoms with van der Waals surface area (Å²) in [6.45, 7) is 0.774. The van der Waals surface area contributed by atoms with Gasteiger partial charge in [0.05, 0.1) is 6.07 Å². The average Bonchev–Trinajstić information content (AvgIpc) is 2.12. The molecule has 0 spiro atoms. The smallest absolute Gasteiger partial charge is 0.125 e. The minimum absolute atomic E-state index is 0.0648. The first-order chi connectivity index (χ1) is 2.43. The molecule has 0 aliphatic carbocycles. The van der Waals surface area contributed by atoms with Gasteiger partial charge in [0.1, 0.15) is 6.04 Å². The fourth-order valence-corrected chi connectivity index (χ4v) is 0.134. The summed E-state index contributed by atoms with van der Waals surface area (Å²) in [6, 6.07) is 2.04. The highest BCUT2D eigenvalue weighted by Gasteiger charge is 2.20. The standard InChI is InChI=1S/C3H3N2/c4-1-3-2-5-3/h3H,2H2. The van der Waals surface area contributed by atoms with Crippen LogP contribution in [0.3, 0.4) is 0 Å². The van der Waals surface area contributed by atoms with Crippen molar-refractivity contribution in [1.82, 2.24) is 5.32 Å². The minimum atomic E-state index is 0.0648. The van der Waals surface area contributed by atoms with E-state index in [1.807, 2.05) is 6.07 Å². The van der Waals surface area contributed by atoms with Gasteiger partial charge in [-0.3, -0.25) is 0 Å². The maximum Gasteiger partial charge on any atom is 0.125 e. The highest BCUT2D eigenvalue weighted by molar-refractivity contribution is 5.01. The zero-order valence-corrected chi connectivity index (χ0v) is 2.68. The molecule has 1 rings (SSSR count). The van der Waals surface area contributed by atoms with Crippen molar-refractivity contribution >= 4 is 0 Å². The van der Waals surface area contributed by atoms with Crippen molar-refractivity contribution in [2.24, 2.45) is 0 Å². The van der Waals surface area contributed by atoms with Crippen LogP contribution in [0.4, 0.5) is 0 Å². The van der Waals surface area contributed by atoms with Crippen molar-refractivity contribution in [3.63, 3.8) is 0 Å². The highest BCUT2D eigenvalue weighted by Crippen LogP contribution is 1.94. The zero-order valence-electron chi connectivity index (χ0n) is 2.68. The van der Waals surface area contributed by atoms with E-state index in [4.69, 9.17) is 5.26 Å². The lowest BCUT2D eigenvalue weighted by Gasteiger charge is -1.49. The van der Waals surface area contributed by atoms with Crippen LogP contribution in [0.2, 0.25) is 0 Å². The van der Waals surface area contributed by atoms with Crippen molar-refractivity contribution < 1.29 is 0 Å². The molecule has 0 aromatic rings. The molecule has 0 N–H and O–H groups in total. The summed E-state index contributed by atoms with van der Waals surface area (Å²) < 4.78 is 0. The van der Waals surface area contributed by atoms with E-state index in [2.05, 4.69) is 5.32 Å². The molecule has 1 saturated heterocycles. The second-order valence-corrected chi connectivity index (χ2v) is 1.01. The molecule has 1 heterocycles. The summed E-state index contributed by atoms with van der Waals surface area (Å²) in [6.07, 6.45) is 0. The lowest BCUT2D eigenvalue weighted by molar-refractivity contribution is 1.19. The van der Waals surface area contributed by atoms with Crippen LogP contribution in [0.15, 0.2) is 0 Å². The van der Waals surface area contributed by atoms with E-state index in [1.165, 1.54) is 0 Å². The summed E-state index contributed by atoms with van der Waals surface area (Å²) in [5.41, 5.74) is 0. The Balaban J connectivity index is 2.30. The molecule has 1 fully saturated rings. The third kappa shape index (κ3) is 0.366. The quantitative estimate of drug-likeness (QED) is 0.352. The number of nitrogens with zero attached hydrogens (tertiary/aromatic N) is 2. The highest BCUT2D eigenvalue weighted by atomic mass is 15.1. The first kappa shape index (κ1) is 2.67. The van der Waals surface area contributed by atoms with Crippen LogP contribution in [-0.2, 0) is 0 Å². The summed E-state index contributed by atoms with van der Waals surface area (Å²) in [7, 11) is 0. The van der Waals surface area contributed by atoms with Crippen LogP contribution < -0.4 is 5.32 Å². The van der Waals surface area contributed by atoms with Crippen LogP contribution in [0.1, 0.15) is 0 Å². The van der Waals surface area contributed by atoms with E-state index in [0.717, 1.165) is 6.54 Å². The fraction of sp³-hybridized carbons (Fsp3) is 0.667. The number of rotatable bonds is 0. The van der Waals surface area contributed by atoms with Crippen molar-refractivity contribution in [2.75, 3.05) is 6.54 Å². The number of nitriles is 1. The van der Waals surface area contributed by atoms with Crippen LogP contribution in [0.5, 0.6) is 0 Å². The summed E-state index contributed by atoms with van der Waals surface area (Å²) >= 11 is 0.